The lowest BCUT2D eigenvalue weighted by Crippen LogP contribution is -2.27. The quantitative estimate of drug-likeness (QED) is 0.853. The molecule has 124 valence electrons. The summed E-state index contributed by atoms with van der Waals surface area (Å²) in [5, 5.41) is 2.85. The van der Waals surface area contributed by atoms with Crippen molar-refractivity contribution in [3.63, 3.8) is 0 Å². The molecule has 0 radical (unpaired) electrons. The van der Waals surface area contributed by atoms with Gasteiger partial charge in [0.25, 0.3) is 0 Å². The first kappa shape index (κ1) is 16.2. The second kappa shape index (κ2) is 6.43. The lowest BCUT2D eigenvalue weighted by atomic mass is 9.95. The highest BCUT2D eigenvalue weighted by atomic mass is 19.1. The molecule has 0 heterocycles. The summed E-state index contributed by atoms with van der Waals surface area (Å²) in [7, 11) is 0. The average Bonchev–Trinajstić information content (AvgIpc) is 3.38. The molecule has 0 bridgehead atoms. The number of anilines is 1. The second-order valence-electron chi connectivity index (χ2n) is 5.84. The van der Waals surface area contributed by atoms with E-state index in [1.165, 1.54) is 12.1 Å². The number of amides is 1. The molecule has 2 aromatic carbocycles. The Morgan fingerprint density at radius 1 is 1.17 bits per heavy atom. The maximum absolute atomic E-state index is 13.1. The lowest BCUT2D eigenvalue weighted by molar-refractivity contribution is -0.118. The van der Waals surface area contributed by atoms with E-state index in [1.807, 2.05) is 0 Å². The third kappa shape index (κ3) is 3.15. The summed E-state index contributed by atoms with van der Waals surface area (Å²) in [5.41, 5.74) is 1.14. The molecule has 3 rings (SSSR count). The van der Waals surface area contributed by atoms with Gasteiger partial charge in [0.05, 0.1) is 17.6 Å². The molecule has 5 heteroatoms. The number of halogens is 1. The van der Waals surface area contributed by atoms with Crippen LogP contribution < -0.4 is 5.32 Å². The van der Waals surface area contributed by atoms with Crippen molar-refractivity contribution in [2.24, 2.45) is 0 Å². The predicted octanol–water partition coefficient (Wildman–Crippen LogP) is 3.67. The van der Waals surface area contributed by atoms with Gasteiger partial charge in [-0.2, -0.15) is 0 Å². The Labute approximate surface area is 139 Å². The summed E-state index contributed by atoms with van der Waals surface area (Å²) in [6, 6.07) is 12.7. The molecule has 2 aromatic rings. The molecule has 1 saturated carbocycles. The van der Waals surface area contributed by atoms with Crippen LogP contribution >= 0.6 is 0 Å². The minimum atomic E-state index is -0.604. The largest absolute Gasteiger partial charge is 0.462 e. The molecule has 1 amide bonds. The van der Waals surface area contributed by atoms with Crippen molar-refractivity contribution in [1.29, 1.82) is 0 Å². The number of esters is 1. The Kier molecular flexibility index (Phi) is 4.34. The van der Waals surface area contributed by atoms with Crippen LogP contribution in [0.2, 0.25) is 0 Å². The van der Waals surface area contributed by atoms with Gasteiger partial charge in [-0.15, -0.1) is 0 Å². The predicted molar refractivity (Wildman–Crippen MR) is 88.3 cm³/mol. The summed E-state index contributed by atoms with van der Waals surface area (Å²) >= 11 is 0. The summed E-state index contributed by atoms with van der Waals surface area (Å²) in [4.78, 5) is 24.4. The molecule has 0 spiro atoms. The van der Waals surface area contributed by atoms with Gasteiger partial charge < -0.3 is 10.1 Å². The number of ether oxygens (including phenoxy) is 1. The smallest absolute Gasteiger partial charge is 0.338 e. The fraction of sp³-hybridized carbons (Fsp3) is 0.263. The standard InChI is InChI=1S/C19H18FNO3/c1-2-24-17(22)13-4-3-5-16(12-13)21-18(23)19(10-11-19)14-6-8-15(20)9-7-14/h3-9,12H,2,10-11H2,1H3,(H,21,23). The van der Waals surface area contributed by atoms with Crippen molar-refractivity contribution >= 4 is 17.6 Å². The number of rotatable bonds is 5. The second-order valence-corrected chi connectivity index (χ2v) is 5.84. The van der Waals surface area contributed by atoms with Crippen molar-refractivity contribution < 1.29 is 18.7 Å². The number of carbonyl (C=O) groups is 2. The maximum Gasteiger partial charge on any atom is 0.338 e. The first-order valence-electron chi connectivity index (χ1n) is 7.90. The molecular weight excluding hydrogens is 309 g/mol. The van der Waals surface area contributed by atoms with E-state index >= 15 is 0 Å². The van der Waals surface area contributed by atoms with Gasteiger partial charge in [0, 0.05) is 5.69 Å². The fourth-order valence-electron chi connectivity index (χ4n) is 2.73. The highest BCUT2D eigenvalue weighted by Crippen LogP contribution is 2.49. The van der Waals surface area contributed by atoms with Gasteiger partial charge in [0.2, 0.25) is 5.91 Å². The van der Waals surface area contributed by atoms with E-state index in [-0.39, 0.29) is 11.7 Å². The third-order valence-electron chi connectivity index (χ3n) is 4.21. The maximum atomic E-state index is 13.1. The van der Waals surface area contributed by atoms with E-state index in [1.54, 1.807) is 43.3 Å². The number of nitrogens with one attached hydrogen (secondary N) is 1. The topological polar surface area (TPSA) is 55.4 Å². The molecular formula is C19H18FNO3. The van der Waals surface area contributed by atoms with Crippen LogP contribution in [0.25, 0.3) is 0 Å². The molecule has 0 unspecified atom stereocenters. The third-order valence-corrected chi connectivity index (χ3v) is 4.21. The van der Waals surface area contributed by atoms with E-state index < -0.39 is 11.4 Å². The number of benzene rings is 2. The molecule has 0 aliphatic heterocycles. The van der Waals surface area contributed by atoms with E-state index in [2.05, 4.69) is 5.32 Å². The summed E-state index contributed by atoms with van der Waals surface area (Å²) in [5.74, 6) is -0.888. The molecule has 1 aliphatic carbocycles. The van der Waals surface area contributed by atoms with Gasteiger partial charge in [-0.25, -0.2) is 9.18 Å². The average molecular weight is 327 g/mol. The van der Waals surface area contributed by atoms with E-state index in [9.17, 15) is 14.0 Å². The van der Waals surface area contributed by atoms with E-state index in [0.29, 0.717) is 17.9 Å². The zero-order chi connectivity index (χ0) is 17.2. The van der Waals surface area contributed by atoms with Gasteiger partial charge >= 0.3 is 5.97 Å². The van der Waals surface area contributed by atoms with Crippen molar-refractivity contribution in [2.75, 3.05) is 11.9 Å². The zero-order valence-corrected chi connectivity index (χ0v) is 13.3. The van der Waals surface area contributed by atoms with Gasteiger partial charge in [-0.05, 0) is 55.7 Å². The van der Waals surface area contributed by atoms with Crippen molar-refractivity contribution in [3.8, 4) is 0 Å². The molecule has 4 nitrogen and oxygen atoms in total. The van der Waals surface area contributed by atoms with Crippen LogP contribution in [0.4, 0.5) is 10.1 Å². The van der Waals surface area contributed by atoms with Crippen molar-refractivity contribution in [3.05, 3.63) is 65.5 Å². The Balaban J connectivity index is 1.76. The minimum Gasteiger partial charge on any atom is -0.462 e. The minimum absolute atomic E-state index is 0.143. The molecule has 1 fully saturated rings. The fourth-order valence-corrected chi connectivity index (χ4v) is 2.73. The van der Waals surface area contributed by atoms with Crippen LogP contribution in [0.1, 0.15) is 35.7 Å². The number of carbonyl (C=O) groups excluding carboxylic acids is 2. The van der Waals surface area contributed by atoms with Crippen LogP contribution in [0.5, 0.6) is 0 Å². The van der Waals surface area contributed by atoms with Crippen molar-refractivity contribution in [2.45, 2.75) is 25.2 Å². The Hall–Kier alpha value is -2.69. The number of hydrogen-bond acceptors (Lipinski definition) is 3. The van der Waals surface area contributed by atoms with E-state index in [4.69, 9.17) is 4.74 Å². The summed E-state index contributed by atoms with van der Waals surface area (Å²) < 4.78 is 18.0. The van der Waals surface area contributed by atoms with E-state index in [0.717, 1.165) is 18.4 Å². The van der Waals surface area contributed by atoms with Crippen LogP contribution in [-0.2, 0) is 14.9 Å². The van der Waals surface area contributed by atoms with Gasteiger partial charge in [-0.3, -0.25) is 4.79 Å². The van der Waals surface area contributed by atoms with Crippen LogP contribution in [-0.4, -0.2) is 18.5 Å². The Bertz CT molecular complexity index is 766. The van der Waals surface area contributed by atoms with Gasteiger partial charge in [-0.1, -0.05) is 18.2 Å². The monoisotopic (exact) mass is 327 g/mol. The van der Waals surface area contributed by atoms with Crippen LogP contribution in [0, 0.1) is 5.82 Å². The SMILES string of the molecule is CCOC(=O)c1cccc(NC(=O)C2(c3ccc(F)cc3)CC2)c1. The highest BCUT2D eigenvalue weighted by Gasteiger charge is 2.51. The summed E-state index contributed by atoms with van der Waals surface area (Å²) in [6.07, 6.45) is 1.45. The first-order valence-corrected chi connectivity index (χ1v) is 7.90. The molecule has 0 aromatic heterocycles. The first-order chi connectivity index (χ1) is 11.5. The molecule has 0 saturated heterocycles. The number of hydrogen-bond donors (Lipinski definition) is 1. The molecule has 1 aliphatic rings. The summed E-state index contributed by atoms with van der Waals surface area (Å²) in [6.45, 7) is 2.03. The highest BCUT2D eigenvalue weighted by molar-refractivity contribution is 6.02. The van der Waals surface area contributed by atoms with Crippen molar-refractivity contribution in [1.82, 2.24) is 0 Å². The molecule has 1 N–H and O–H groups in total. The Morgan fingerprint density at radius 2 is 1.88 bits per heavy atom. The van der Waals surface area contributed by atoms with Gasteiger partial charge in [0.1, 0.15) is 5.82 Å². The van der Waals surface area contributed by atoms with Crippen LogP contribution in [0.3, 0.4) is 0 Å². The van der Waals surface area contributed by atoms with Gasteiger partial charge in [0.15, 0.2) is 0 Å². The zero-order valence-electron chi connectivity index (χ0n) is 13.3. The molecule has 0 atom stereocenters. The van der Waals surface area contributed by atoms with Crippen LogP contribution in [0.15, 0.2) is 48.5 Å². The lowest BCUT2D eigenvalue weighted by Gasteiger charge is -2.16. The molecule has 24 heavy (non-hydrogen) atoms. The Morgan fingerprint density at radius 3 is 2.50 bits per heavy atom. The normalized spacial score (nSPS) is 14.8.